The van der Waals surface area contributed by atoms with E-state index in [-0.39, 0.29) is 17.4 Å². The summed E-state index contributed by atoms with van der Waals surface area (Å²) in [6, 6.07) is 13.1. The number of aryl methyl sites for hydroxylation is 1. The average molecular weight is 586 g/mol. The van der Waals surface area contributed by atoms with E-state index in [1.165, 1.54) is 6.26 Å². The van der Waals surface area contributed by atoms with E-state index in [1.807, 2.05) is 44.2 Å². The number of hydrogen-bond donors (Lipinski definition) is 0. The number of furan rings is 1. The van der Waals surface area contributed by atoms with Gasteiger partial charge in [0.1, 0.15) is 16.7 Å². The third-order valence-corrected chi connectivity index (χ3v) is 8.18. The summed E-state index contributed by atoms with van der Waals surface area (Å²) in [6.07, 6.45) is 5.85. The number of fused-ring (bicyclic) bond motifs is 2. The number of carbonyl (C=O) groups excluding carboxylic acids is 2. The number of pyridine rings is 2. The highest BCUT2D eigenvalue weighted by atomic mass is 16.5. The van der Waals surface area contributed by atoms with Gasteiger partial charge >= 0.3 is 0 Å². The van der Waals surface area contributed by atoms with Crippen LogP contribution in [0, 0.1) is 12.3 Å². The van der Waals surface area contributed by atoms with E-state index in [2.05, 4.69) is 16.0 Å². The fourth-order valence-electron chi connectivity index (χ4n) is 5.58. The van der Waals surface area contributed by atoms with Crippen molar-refractivity contribution in [1.82, 2.24) is 14.5 Å². The van der Waals surface area contributed by atoms with Crippen molar-refractivity contribution in [2.24, 2.45) is 5.41 Å². The quantitative estimate of drug-likeness (QED) is 0.187. The molecule has 4 heterocycles. The number of anilines is 2. The van der Waals surface area contributed by atoms with Crippen molar-refractivity contribution >= 4 is 34.2 Å². The summed E-state index contributed by atoms with van der Waals surface area (Å²) >= 11 is 0. The molecule has 5 rings (SSSR count). The third kappa shape index (κ3) is 6.06. The average Bonchev–Trinajstić information content (AvgIpc) is 3.48. The molecule has 0 saturated carbocycles. The zero-order valence-corrected chi connectivity index (χ0v) is 25.5. The van der Waals surface area contributed by atoms with E-state index in [0.717, 1.165) is 24.2 Å². The molecule has 1 aromatic carbocycles. The lowest BCUT2D eigenvalue weighted by molar-refractivity contribution is -0.137. The fourth-order valence-corrected chi connectivity index (χ4v) is 5.58. The summed E-state index contributed by atoms with van der Waals surface area (Å²) < 4.78 is 13.2. The maximum absolute atomic E-state index is 13.2. The lowest BCUT2D eigenvalue weighted by Gasteiger charge is -2.27. The van der Waals surface area contributed by atoms with Crippen LogP contribution in [-0.4, -0.2) is 59.6 Å². The molecule has 10 heteroatoms. The van der Waals surface area contributed by atoms with Gasteiger partial charge in [-0.05, 0) is 70.0 Å². The first-order chi connectivity index (χ1) is 20.6. The molecule has 0 aliphatic carbocycles. The van der Waals surface area contributed by atoms with Gasteiger partial charge in [0.25, 0.3) is 5.56 Å². The van der Waals surface area contributed by atoms with E-state index in [0.29, 0.717) is 60.9 Å². The van der Waals surface area contributed by atoms with Crippen molar-refractivity contribution in [1.29, 1.82) is 0 Å². The first-order valence-electron chi connectivity index (χ1n) is 14.7. The van der Waals surface area contributed by atoms with E-state index in [4.69, 9.17) is 9.15 Å². The Labute approximate surface area is 251 Å². The van der Waals surface area contributed by atoms with Crippen LogP contribution in [-0.2, 0) is 22.7 Å². The molecule has 1 aliphatic heterocycles. The minimum absolute atomic E-state index is 0.0644. The molecular weight excluding hydrogens is 546 g/mol. The Hall–Kier alpha value is -4.44. The largest absolute Gasteiger partial charge is 0.493 e. The molecule has 1 aliphatic rings. The summed E-state index contributed by atoms with van der Waals surface area (Å²) in [5.74, 6) is 0.172. The normalized spacial score (nSPS) is 14.8. The molecule has 0 fully saturated rings. The maximum atomic E-state index is 13.2. The molecule has 10 nitrogen and oxygen atoms in total. The van der Waals surface area contributed by atoms with Crippen molar-refractivity contribution < 1.29 is 18.7 Å². The molecule has 226 valence electrons. The topological polar surface area (TPSA) is 101 Å². The molecule has 0 atom stereocenters. The maximum Gasteiger partial charge on any atom is 0.261 e. The number of ether oxygens (including phenoxy) is 1. The van der Waals surface area contributed by atoms with Crippen LogP contribution in [0.1, 0.15) is 38.4 Å². The van der Waals surface area contributed by atoms with Gasteiger partial charge in [-0.1, -0.05) is 6.07 Å². The van der Waals surface area contributed by atoms with Gasteiger partial charge in [-0.25, -0.2) is 0 Å². The molecular formula is C33H39N5O5. The van der Waals surface area contributed by atoms with Crippen LogP contribution < -0.4 is 20.1 Å². The summed E-state index contributed by atoms with van der Waals surface area (Å²) in [5, 5.41) is 0.577. The molecule has 0 unspecified atom stereocenters. The summed E-state index contributed by atoms with van der Waals surface area (Å²) in [5.41, 5.74) is 2.83. The lowest BCUT2D eigenvalue weighted by Crippen LogP contribution is -2.47. The van der Waals surface area contributed by atoms with Crippen LogP contribution in [0.15, 0.2) is 70.3 Å². The number of amides is 2. The van der Waals surface area contributed by atoms with Crippen LogP contribution >= 0.6 is 0 Å². The number of benzene rings is 1. The second kappa shape index (κ2) is 12.4. The van der Waals surface area contributed by atoms with Crippen molar-refractivity contribution in [3.63, 3.8) is 0 Å². The second-order valence-corrected chi connectivity index (χ2v) is 11.4. The Bertz CT molecular complexity index is 1690. The predicted molar refractivity (Wildman–Crippen MR) is 166 cm³/mol. The molecule has 3 aromatic heterocycles. The highest BCUT2D eigenvalue weighted by Crippen LogP contribution is 2.40. The second-order valence-electron chi connectivity index (χ2n) is 11.4. The Morgan fingerprint density at radius 1 is 1.02 bits per heavy atom. The molecule has 0 bridgehead atoms. The van der Waals surface area contributed by atoms with Crippen LogP contribution in [0.3, 0.4) is 0 Å². The zero-order chi connectivity index (χ0) is 30.7. The summed E-state index contributed by atoms with van der Waals surface area (Å²) in [7, 11) is 1.70. The minimum atomic E-state index is -1.16. The van der Waals surface area contributed by atoms with Gasteiger partial charge in [-0.15, -0.1) is 0 Å². The summed E-state index contributed by atoms with van der Waals surface area (Å²) in [6.45, 7) is 10.8. The van der Waals surface area contributed by atoms with Crippen LogP contribution in [0.5, 0.6) is 5.75 Å². The van der Waals surface area contributed by atoms with Crippen molar-refractivity contribution in [3.8, 4) is 5.75 Å². The number of aromatic nitrogens is 2. The van der Waals surface area contributed by atoms with E-state index < -0.39 is 5.41 Å². The molecule has 0 saturated heterocycles. The van der Waals surface area contributed by atoms with Crippen LogP contribution in [0.2, 0.25) is 0 Å². The first kappa shape index (κ1) is 30.0. The number of nitrogens with zero attached hydrogens (tertiary/aromatic N) is 5. The molecule has 43 heavy (non-hydrogen) atoms. The van der Waals surface area contributed by atoms with Gasteiger partial charge in [0, 0.05) is 63.9 Å². The lowest BCUT2D eigenvalue weighted by atomic mass is 9.90. The van der Waals surface area contributed by atoms with Gasteiger partial charge < -0.3 is 23.5 Å². The first-order valence-corrected chi connectivity index (χ1v) is 14.7. The highest BCUT2D eigenvalue weighted by Gasteiger charge is 2.45. The van der Waals surface area contributed by atoms with Crippen molar-refractivity contribution in [2.75, 3.05) is 43.1 Å². The van der Waals surface area contributed by atoms with Crippen LogP contribution in [0.25, 0.3) is 11.0 Å². The van der Waals surface area contributed by atoms with Gasteiger partial charge in [-0.3, -0.25) is 24.3 Å². The Balaban J connectivity index is 1.26. The third-order valence-electron chi connectivity index (χ3n) is 8.18. The standard InChI is InChI=1S/C33H39N5O5/c1-6-38-27-11-10-25(21-28(27)35(5)31(40)33(3,4)32(38)41)42-19-8-15-36(22-24-9-7-14-34-23(24)2)17-18-37-16-12-29-26(30(37)39)13-20-43-29/h7,9-14,16,20-21H,6,8,15,17-19,22H2,1-5H3. The van der Waals surface area contributed by atoms with E-state index >= 15 is 0 Å². The van der Waals surface area contributed by atoms with Gasteiger partial charge in [0.05, 0.1) is 29.6 Å². The van der Waals surface area contributed by atoms with Crippen molar-refractivity contribution in [3.05, 3.63) is 82.7 Å². The number of carbonyl (C=O) groups is 2. The molecule has 0 spiro atoms. The SMILES string of the molecule is CCN1C(=O)C(C)(C)C(=O)N(C)c2cc(OCCCN(CCn3ccc4occc4c3=O)Cc3cccnc3C)ccc21. The van der Waals surface area contributed by atoms with Crippen molar-refractivity contribution in [2.45, 2.75) is 47.2 Å². The Kier molecular flexibility index (Phi) is 8.68. The molecule has 0 radical (unpaired) electrons. The summed E-state index contributed by atoms with van der Waals surface area (Å²) in [4.78, 5) is 49.2. The van der Waals surface area contributed by atoms with Gasteiger partial charge in [-0.2, -0.15) is 0 Å². The predicted octanol–water partition coefficient (Wildman–Crippen LogP) is 4.62. The van der Waals surface area contributed by atoms with Gasteiger partial charge in [0.2, 0.25) is 11.8 Å². The number of rotatable bonds is 11. The highest BCUT2D eigenvalue weighted by molar-refractivity contribution is 6.20. The molecule has 4 aromatic rings. The monoisotopic (exact) mass is 585 g/mol. The molecule has 2 amide bonds. The smallest absolute Gasteiger partial charge is 0.261 e. The Morgan fingerprint density at radius 3 is 2.60 bits per heavy atom. The fraction of sp³-hybridized carbons (Fsp3) is 0.394. The van der Waals surface area contributed by atoms with Gasteiger partial charge in [0.15, 0.2) is 0 Å². The van der Waals surface area contributed by atoms with E-state index in [9.17, 15) is 14.4 Å². The number of hydrogen-bond acceptors (Lipinski definition) is 7. The van der Waals surface area contributed by atoms with Crippen LogP contribution in [0.4, 0.5) is 11.4 Å². The Morgan fingerprint density at radius 2 is 1.84 bits per heavy atom. The molecule has 0 N–H and O–H groups in total. The minimum Gasteiger partial charge on any atom is -0.493 e. The zero-order valence-electron chi connectivity index (χ0n) is 25.5. The van der Waals surface area contributed by atoms with E-state index in [1.54, 1.807) is 53.7 Å².